The quantitative estimate of drug-likeness (QED) is 0.650. The number of rotatable bonds is 10. The molecule has 1 heterocycles. The summed E-state index contributed by atoms with van der Waals surface area (Å²) in [5.74, 6) is 0.442. The number of benzene rings is 1. The number of hydrogen-bond donors (Lipinski definition) is 1. The molecule has 21 heavy (non-hydrogen) atoms. The van der Waals surface area contributed by atoms with E-state index in [9.17, 15) is 5.11 Å². The van der Waals surface area contributed by atoms with E-state index in [0.717, 1.165) is 18.5 Å². The van der Waals surface area contributed by atoms with Crippen LogP contribution in [0.2, 0.25) is 0 Å². The predicted octanol–water partition coefficient (Wildman–Crippen LogP) is 4.56. The Balaban J connectivity index is 1.43. The van der Waals surface area contributed by atoms with E-state index in [0.29, 0.717) is 5.75 Å². The van der Waals surface area contributed by atoms with E-state index < -0.39 is 0 Å². The third kappa shape index (κ3) is 6.03. The van der Waals surface area contributed by atoms with Gasteiger partial charge in [-0.25, -0.2) is 4.98 Å². The van der Waals surface area contributed by atoms with Gasteiger partial charge in [-0.2, -0.15) is 0 Å². The summed E-state index contributed by atoms with van der Waals surface area (Å²) in [6.45, 7) is 1.09. The minimum atomic E-state index is 0.442. The van der Waals surface area contributed by atoms with Crippen LogP contribution >= 0.6 is 0 Å². The van der Waals surface area contributed by atoms with Crippen molar-refractivity contribution in [3.8, 4) is 5.75 Å². The van der Waals surface area contributed by atoms with Crippen LogP contribution < -0.4 is 0 Å². The minimum absolute atomic E-state index is 0.442. The molecule has 0 fully saturated rings. The van der Waals surface area contributed by atoms with E-state index in [1.807, 2.05) is 36.9 Å². The van der Waals surface area contributed by atoms with E-state index in [2.05, 4.69) is 9.55 Å². The molecule has 0 spiro atoms. The molecule has 2 aromatic rings. The molecule has 0 amide bonds. The van der Waals surface area contributed by atoms with Crippen LogP contribution in [0.5, 0.6) is 5.75 Å². The van der Waals surface area contributed by atoms with Gasteiger partial charge < -0.3 is 9.67 Å². The van der Waals surface area contributed by atoms with E-state index >= 15 is 0 Å². The molecule has 0 atom stereocenters. The van der Waals surface area contributed by atoms with Crippen molar-refractivity contribution in [1.82, 2.24) is 9.55 Å². The Morgan fingerprint density at radius 3 is 2.33 bits per heavy atom. The number of phenolic OH excluding ortho intramolecular Hbond substituents is 1. The molecule has 3 nitrogen and oxygen atoms in total. The van der Waals surface area contributed by atoms with Gasteiger partial charge in [-0.3, -0.25) is 0 Å². The highest BCUT2D eigenvalue weighted by Gasteiger charge is 1.99. The third-order valence-corrected chi connectivity index (χ3v) is 3.91. The molecular formula is C18H26N2O. The highest BCUT2D eigenvalue weighted by atomic mass is 16.3. The largest absolute Gasteiger partial charge is 0.508 e. The van der Waals surface area contributed by atoms with Crippen LogP contribution in [-0.4, -0.2) is 14.7 Å². The Morgan fingerprint density at radius 2 is 1.62 bits per heavy atom. The number of aromatic hydroxyl groups is 1. The smallest absolute Gasteiger partial charge is 0.118 e. The number of unbranched alkanes of at least 4 members (excludes halogenated alkanes) is 6. The Hall–Kier alpha value is -1.77. The lowest BCUT2D eigenvalue weighted by Gasteiger charge is -2.05. The number of aromatic nitrogens is 2. The number of para-hydroxylation sites is 1. The van der Waals surface area contributed by atoms with Crippen LogP contribution in [0.15, 0.2) is 43.0 Å². The van der Waals surface area contributed by atoms with Gasteiger partial charge in [0.25, 0.3) is 0 Å². The lowest BCUT2D eigenvalue weighted by atomic mass is 10.0. The van der Waals surface area contributed by atoms with Gasteiger partial charge in [-0.1, -0.05) is 50.3 Å². The topological polar surface area (TPSA) is 38.0 Å². The lowest BCUT2D eigenvalue weighted by molar-refractivity contribution is 0.465. The molecule has 1 aromatic carbocycles. The zero-order valence-electron chi connectivity index (χ0n) is 12.7. The lowest BCUT2D eigenvalue weighted by Crippen LogP contribution is -1.94. The first-order chi connectivity index (χ1) is 10.4. The molecule has 1 aromatic heterocycles. The SMILES string of the molecule is Oc1ccccc1CCCCCCCCCn1ccnc1. The summed E-state index contributed by atoms with van der Waals surface area (Å²) in [7, 11) is 0. The molecule has 0 aliphatic rings. The van der Waals surface area contributed by atoms with Gasteiger partial charge in [0.15, 0.2) is 0 Å². The van der Waals surface area contributed by atoms with Crippen molar-refractivity contribution in [3.05, 3.63) is 48.5 Å². The molecular weight excluding hydrogens is 260 g/mol. The highest BCUT2D eigenvalue weighted by molar-refractivity contribution is 5.31. The summed E-state index contributed by atoms with van der Waals surface area (Å²) >= 11 is 0. The normalized spacial score (nSPS) is 10.9. The standard InChI is InChI=1S/C18H26N2O/c21-18-12-8-7-11-17(18)10-6-4-2-1-3-5-9-14-20-15-13-19-16-20/h7-8,11-13,15-16,21H,1-6,9-10,14H2. The molecule has 0 unspecified atom stereocenters. The van der Waals surface area contributed by atoms with E-state index in [1.54, 1.807) is 6.07 Å². The van der Waals surface area contributed by atoms with Gasteiger partial charge in [0.1, 0.15) is 5.75 Å². The maximum Gasteiger partial charge on any atom is 0.118 e. The summed E-state index contributed by atoms with van der Waals surface area (Å²) in [6, 6.07) is 7.67. The Morgan fingerprint density at radius 1 is 0.905 bits per heavy atom. The zero-order valence-corrected chi connectivity index (χ0v) is 12.7. The second-order valence-electron chi connectivity index (χ2n) is 5.65. The fourth-order valence-corrected chi connectivity index (χ4v) is 2.63. The molecule has 0 bridgehead atoms. The molecule has 114 valence electrons. The van der Waals surface area contributed by atoms with Crippen LogP contribution in [-0.2, 0) is 13.0 Å². The summed E-state index contributed by atoms with van der Waals surface area (Å²) in [5, 5.41) is 9.68. The molecule has 0 saturated heterocycles. The summed E-state index contributed by atoms with van der Waals surface area (Å²) in [5.41, 5.74) is 1.08. The first kappa shape index (κ1) is 15.6. The molecule has 2 rings (SSSR count). The molecule has 3 heteroatoms. The number of hydrogen-bond acceptors (Lipinski definition) is 2. The van der Waals surface area contributed by atoms with Gasteiger partial charge in [-0.15, -0.1) is 0 Å². The van der Waals surface area contributed by atoms with Gasteiger partial charge in [-0.05, 0) is 30.9 Å². The Kier molecular flexibility index (Phi) is 6.85. The van der Waals surface area contributed by atoms with Crippen molar-refractivity contribution < 1.29 is 5.11 Å². The average molecular weight is 286 g/mol. The van der Waals surface area contributed by atoms with Gasteiger partial charge in [0.2, 0.25) is 0 Å². The van der Waals surface area contributed by atoms with Crippen molar-refractivity contribution >= 4 is 0 Å². The summed E-state index contributed by atoms with van der Waals surface area (Å²) in [6.07, 6.45) is 15.7. The Bertz CT molecular complexity index is 494. The van der Waals surface area contributed by atoms with Crippen molar-refractivity contribution in [2.75, 3.05) is 0 Å². The second-order valence-corrected chi connectivity index (χ2v) is 5.65. The zero-order chi connectivity index (χ0) is 14.8. The number of nitrogens with zero attached hydrogens (tertiary/aromatic N) is 2. The summed E-state index contributed by atoms with van der Waals surface area (Å²) in [4.78, 5) is 4.05. The maximum atomic E-state index is 9.68. The van der Waals surface area contributed by atoms with Crippen molar-refractivity contribution in [1.29, 1.82) is 0 Å². The molecule has 1 N–H and O–H groups in total. The molecule has 0 aliphatic heterocycles. The van der Waals surface area contributed by atoms with Gasteiger partial charge in [0.05, 0.1) is 6.33 Å². The predicted molar refractivity (Wildman–Crippen MR) is 86.4 cm³/mol. The molecule has 0 saturated carbocycles. The fourth-order valence-electron chi connectivity index (χ4n) is 2.63. The van der Waals surface area contributed by atoms with Crippen LogP contribution in [0.4, 0.5) is 0 Å². The van der Waals surface area contributed by atoms with Gasteiger partial charge in [0, 0.05) is 18.9 Å². The average Bonchev–Trinajstić information content (AvgIpc) is 3.00. The first-order valence-corrected chi connectivity index (χ1v) is 8.09. The van der Waals surface area contributed by atoms with Crippen LogP contribution in [0.1, 0.15) is 50.5 Å². The third-order valence-electron chi connectivity index (χ3n) is 3.91. The summed E-state index contributed by atoms with van der Waals surface area (Å²) < 4.78 is 2.15. The van der Waals surface area contributed by atoms with Crippen LogP contribution in [0.3, 0.4) is 0 Å². The fraction of sp³-hybridized carbons (Fsp3) is 0.500. The maximum absolute atomic E-state index is 9.68. The number of phenols is 1. The number of imidazole rings is 1. The first-order valence-electron chi connectivity index (χ1n) is 8.09. The van der Waals surface area contributed by atoms with Crippen LogP contribution in [0.25, 0.3) is 0 Å². The Labute approximate surface area is 127 Å². The van der Waals surface area contributed by atoms with Crippen molar-refractivity contribution in [2.24, 2.45) is 0 Å². The number of aryl methyl sites for hydroxylation is 2. The van der Waals surface area contributed by atoms with Gasteiger partial charge >= 0.3 is 0 Å². The monoisotopic (exact) mass is 286 g/mol. The molecule has 0 radical (unpaired) electrons. The van der Waals surface area contributed by atoms with Crippen LogP contribution in [0, 0.1) is 0 Å². The van der Waals surface area contributed by atoms with E-state index in [-0.39, 0.29) is 0 Å². The molecule has 0 aliphatic carbocycles. The van der Waals surface area contributed by atoms with E-state index in [4.69, 9.17) is 0 Å². The minimum Gasteiger partial charge on any atom is -0.508 e. The van der Waals surface area contributed by atoms with Crippen molar-refractivity contribution in [2.45, 2.75) is 57.9 Å². The highest BCUT2D eigenvalue weighted by Crippen LogP contribution is 2.18. The van der Waals surface area contributed by atoms with E-state index in [1.165, 1.54) is 44.9 Å². The van der Waals surface area contributed by atoms with Crippen molar-refractivity contribution in [3.63, 3.8) is 0 Å². The second kappa shape index (κ2) is 9.22.